The van der Waals surface area contributed by atoms with Crippen LogP contribution in [0.25, 0.3) is 0 Å². The minimum atomic E-state index is -3.24. The van der Waals surface area contributed by atoms with Gasteiger partial charge in [0.1, 0.15) is 0 Å². The van der Waals surface area contributed by atoms with Gasteiger partial charge in [-0.05, 0) is 43.3 Å². The Hall–Kier alpha value is -2.21. The van der Waals surface area contributed by atoms with Crippen LogP contribution < -0.4 is 9.21 Å². The van der Waals surface area contributed by atoms with Crippen LogP contribution in [0, 0.1) is 18.2 Å². The lowest BCUT2D eigenvalue weighted by Gasteiger charge is -2.31. The smallest absolute Gasteiger partial charge is 0.290 e. The Balaban J connectivity index is 0.000000891. The van der Waals surface area contributed by atoms with Gasteiger partial charge in [-0.3, -0.25) is 9.10 Å². The van der Waals surface area contributed by atoms with Crippen LogP contribution in [0.15, 0.2) is 18.2 Å². The molecule has 1 aromatic carbocycles. The number of benzene rings is 1. The highest BCUT2D eigenvalue weighted by Crippen LogP contribution is 2.28. The number of carbonyl (C=O) groups is 1. The van der Waals surface area contributed by atoms with Crippen molar-refractivity contribution in [1.29, 1.82) is 5.26 Å². The second-order valence-corrected chi connectivity index (χ2v) is 7.71. The summed E-state index contributed by atoms with van der Waals surface area (Å²) in [4.78, 5) is 10.6. The molecule has 0 bridgehead atoms. The number of nitrogens with zero attached hydrogens (tertiary/aromatic N) is 3. The molecule has 1 aliphatic heterocycles. The average Bonchev–Trinajstić information content (AvgIpc) is 2.54. The van der Waals surface area contributed by atoms with E-state index >= 15 is 0 Å². The lowest BCUT2D eigenvalue weighted by molar-refractivity contribution is -0.122. The van der Waals surface area contributed by atoms with Gasteiger partial charge in [0.05, 0.1) is 11.9 Å². The van der Waals surface area contributed by atoms with Gasteiger partial charge < -0.3 is 10.0 Å². The monoisotopic (exact) mass is 351 g/mol. The van der Waals surface area contributed by atoms with Gasteiger partial charge in [-0.1, -0.05) is 0 Å². The fourth-order valence-corrected chi connectivity index (χ4v) is 3.20. The van der Waals surface area contributed by atoms with Gasteiger partial charge in [-0.15, -0.1) is 0 Å². The second kappa shape index (κ2) is 8.59. The van der Waals surface area contributed by atoms with Crippen LogP contribution in [0.1, 0.15) is 5.56 Å². The Kier molecular flexibility index (Phi) is 7.10. The first-order valence-corrected chi connectivity index (χ1v) is 9.36. The normalized spacial score (nSPS) is 14.2. The summed E-state index contributed by atoms with van der Waals surface area (Å²) in [6.45, 7) is 3.58. The molecule has 1 aromatic rings. The van der Waals surface area contributed by atoms with Crippen LogP contribution >= 0.6 is 0 Å². The number of hydrogen-bond acceptors (Lipinski definition) is 5. The number of sulfonamides is 1. The molecule has 1 heterocycles. The summed E-state index contributed by atoms with van der Waals surface area (Å²) in [6, 6.07) is 5.82. The largest absolute Gasteiger partial charge is 0.483 e. The van der Waals surface area contributed by atoms with Crippen LogP contribution in [0.3, 0.4) is 0 Å². The Morgan fingerprint density at radius 1 is 1.38 bits per heavy atom. The van der Waals surface area contributed by atoms with Gasteiger partial charge in [0.25, 0.3) is 13.2 Å². The van der Waals surface area contributed by atoms with Gasteiger partial charge >= 0.3 is 0 Å². The van der Waals surface area contributed by atoms with Crippen LogP contribution in [-0.4, -0.2) is 53.1 Å². The molecule has 1 N–H and O–H groups in total. The third kappa shape index (κ3) is 5.16. The minimum absolute atomic E-state index is 0.165. The van der Waals surface area contributed by atoms with Crippen molar-refractivity contribution in [3.8, 4) is 5.97 Å². The first-order valence-electron chi connectivity index (χ1n) is 7.51. The zero-order valence-electron chi connectivity index (χ0n) is 14.1. The molecule has 0 amide bonds. The lowest BCUT2D eigenvalue weighted by Crippen LogP contribution is -2.36. The van der Waals surface area contributed by atoms with E-state index in [4.69, 9.17) is 15.2 Å². The molecule has 0 aromatic heterocycles. The Labute approximate surface area is 143 Å². The maximum absolute atomic E-state index is 11.6. The van der Waals surface area contributed by atoms with E-state index in [9.17, 15) is 8.42 Å². The molecule has 1 fully saturated rings. The summed E-state index contributed by atoms with van der Waals surface area (Å²) >= 11 is 0. The van der Waals surface area contributed by atoms with Gasteiger partial charge in [0.2, 0.25) is 10.0 Å². The third-order valence-corrected chi connectivity index (χ3v) is 5.25. The number of carboxylic acid groups (broad SMARTS) is 1. The third-order valence-electron chi connectivity index (χ3n) is 4.06. The molecule has 0 spiro atoms. The zero-order valence-corrected chi connectivity index (χ0v) is 15.0. The van der Waals surface area contributed by atoms with E-state index in [1.54, 1.807) is 7.05 Å². The molecule has 9 heteroatoms. The number of aryl methyl sites for hydroxylation is 1. The number of nitriles is 1. The molecule has 1 saturated heterocycles. The molecule has 0 atom stereocenters. The summed E-state index contributed by atoms with van der Waals surface area (Å²) in [5, 5.41) is 15.8. The Bertz CT molecular complexity index is 710. The summed E-state index contributed by atoms with van der Waals surface area (Å²) in [7, 11) is -1.68. The second-order valence-electron chi connectivity index (χ2n) is 5.70. The maximum Gasteiger partial charge on any atom is 0.290 e. The van der Waals surface area contributed by atoms with Gasteiger partial charge in [0.15, 0.2) is 0 Å². The van der Waals surface area contributed by atoms with Gasteiger partial charge in [-0.2, -0.15) is 0 Å². The molecule has 0 unspecified atom stereocenters. The summed E-state index contributed by atoms with van der Waals surface area (Å²) in [6.07, 6.45) is 2.98. The average molecular weight is 351 g/mol. The van der Waals surface area contributed by atoms with Gasteiger partial charge in [-0.25, -0.2) is 13.7 Å². The fraction of sp³-hybridized carbons (Fsp3) is 0.467. The van der Waals surface area contributed by atoms with Crippen LogP contribution in [0.2, 0.25) is 12.6 Å². The van der Waals surface area contributed by atoms with Crippen molar-refractivity contribution in [1.82, 2.24) is 0 Å². The quantitative estimate of drug-likeness (QED) is 0.654. The van der Waals surface area contributed by atoms with E-state index in [2.05, 4.69) is 10.9 Å². The first kappa shape index (κ1) is 19.8. The molecule has 2 rings (SSSR count). The molecular weight excluding hydrogens is 329 g/mol. The van der Waals surface area contributed by atoms with E-state index in [1.165, 1.54) is 10.6 Å². The summed E-state index contributed by atoms with van der Waals surface area (Å²) in [5.41, 5.74) is 2.73. The highest BCUT2D eigenvalue weighted by Gasteiger charge is 2.23. The van der Waals surface area contributed by atoms with Crippen LogP contribution in [0.5, 0.6) is 0 Å². The molecule has 24 heavy (non-hydrogen) atoms. The van der Waals surface area contributed by atoms with Crippen molar-refractivity contribution in [2.75, 3.05) is 35.6 Å². The van der Waals surface area contributed by atoms with E-state index in [-0.39, 0.29) is 13.2 Å². The van der Waals surface area contributed by atoms with E-state index in [0.29, 0.717) is 5.69 Å². The van der Waals surface area contributed by atoms with E-state index in [0.717, 1.165) is 37.0 Å². The maximum atomic E-state index is 11.6. The topological polar surface area (TPSA) is 102 Å². The molecular formula is C15H22BN3O4S. The molecule has 7 nitrogen and oxygen atoms in total. The van der Waals surface area contributed by atoms with Crippen molar-refractivity contribution < 1.29 is 18.3 Å². The first-order chi connectivity index (χ1) is 11.2. The Morgan fingerprint density at radius 2 is 1.92 bits per heavy atom. The summed E-state index contributed by atoms with van der Waals surface area (Å²) in [5.74, 6) is 2.33. The molecule has 0 aliphatic carbocycles. The number of anilines is 2. The standard InChI is InChI=1S/C14H20BN3O2S.CH2O2/c1-12-10-13(18-8-6-15(11-16)7-9-18)4-5-14(12)17(2)21(3,19)20;2-1-3/h4-5,10H,6-9H2,1-3H3;1H,(H,2,3). The van der Waals surface area contributed by atoms with Crippen molar-refractivity contribution in [2.24, 2.45) is 0 Å². The van der Waals surface area contributed by atoms with Crippen molar-refractivity contribution >= 4 is 34.6 Å². The minimum Gasteiger partial charge on any atom is -0.483 e. The number of rotatable bonds is 3. The van der Waals surface area contributed by atoms with Crippen LogP contribution in [0.4, 0.5) is 11.4 Å². The molecule has 130 valence electrons. The molecule has 1 aliphatic rings. The predicted molar refractivity (Wildman–Crippen MR) is 96.3 cm³/mol. The van der Waals surface area contributed by atoms with E-state index in [1.807, 2.05) is 25.1 Å². The fourth-order valence-electron chi connectivity index (χ4n) is 2.64. The van der Waals surface area contributed by atoms with Crippen molar-refractivity contribution in [3.05, 3.63) is 23.8 Å². The highest BCUT2D eigenvalue weighted by atomic mass is 32.2. The van der Waals surface area contributed by atoms with Crippen molar-refractivity contribution in [3.63, 3.8) is 0 Å². The lowest BCUT2D eigenvalue weighted by atomic mass is 9.45. The molecule has 0 saturated carbocycles. The Morgan fingerprint density at radius 3 is 2.33 bits per heavy atom. The van der Waals surface area contributed by atoms with E-state index < -0.39 is 10.0 Å². The van der Waals surface area contributed by atoms with Crippen LogP contribution in [-0.2, 0) is 14.8 Å². The summed E-state index contributed by atoms with van der Waals surface area (Å²) < 4.78 is 24.5. The predicted octanol–water partition coefficient (Wildman–Crippen LogP) is 1.47. The van der Waals surface area contributed by atoms with Crippen molar-refractivity contribution in [2.45, 2.75) is 19.6 Å². The SMILES string of the molecule is Cc1cc(N2CCB(C#N)CC2)ccc1N(C)S(C)(=O)=O.O=CO. The number of hydrogen-bond donors (Lipinski definition) is 1. The highest BCUT2D eigenvalue weighted by molar-refractivity contribution is 7.92. The molecule has 0 radical (unpaired) electrons. The van der Waals surface area contributed by atoms with Gasteiger partial charge in [0, 0.05) is 31.8 Å². The zero-order chi connectivity index (χ0) is 18.3.